The molecule has 0 aliphatic heterocycles. The van der Waals surface area contributed by atoms with Gasteiger partial charge in [-0.15, -0.1) is 0 Å². The fourth-order valence-corrected chi connectivity index (χ4v) is 3.08. The predicted molar refractivity (Wildman–Crippen MR) is 79.7 cm³/mol. The minimum atomic E-state index is 0.0893. The van der Waals surface area contributed by atoms with Gasteiger partial charge in [-0.1, -0.05) is 26.2 Å². The van der Waals surface area contributed by atoms with Gasteiger partial charge in [0, 0.05) is 18.8 Å². The van der Waals surface area contributed by atoms with Crippen LogP contribution < -0.4 is 0 Å². The van der Waals surface area contributed by atoms with Crippen LogP contribution >= 0.6 is 0 Å². The van der Waals surface area contributed by atoms with Crippen LogP contribution in [0, 0.1) is 11.8 Å². The SMILES string of the molecule is C=CC(=O)CC1=CC2=C1CC2C(=C)OC1=CCC(C)C1. The number of ether oxygens (including phenoxy) is 1. The van der Waals surface area contributed by atoms with Crippen LogP contribution in [0.1, 0.15) is 32.6 Å². The molecule has 0 N–H and O–H groups in total. The van der Waals surface area contributed by atoms with E-state index in [1.54, 1.807) is 0 Å². The minimum Gasteiger partial charge on any atom is -0.466 e. The van der Waals surface area contributed by atoms with Crippen molar-refractivity contribution in [1.82, 2.24) is 0 Å². The van der Waals surface area contributed by atoms with Crippen LogP contribution in [0.4, 0.5) is 0 Å². The zero-order valence-electron chi connectivity index (χ0n) is 11.9. The van der Waals surface area contributed by atoms with Gasteiger partial charge in [-0.05, 0) is 47.6 Å². The summed E-state index contributed by atoms with van der Waals surface area (Å²) < 4.78 is 5.90. The lowest BCUT2D eigenvalue weighted by Gasteiger charge is -2.40. The van der Waals surface area contributed by atoms with Crippen LogP contribution in [0.3, 0.4) is 0 Å². The fourth-order valence-electron chi connectivity index (χ4n) is 3.08. The second-order valence-corrected chi connectivity index (χ2v) is 5.99. The molecule has 0 aromatic carbocycles. The Kier molecular flexibility index (Phi) is 3.25. The van der Waals surface area contributed by atoms with E-state index in [0.29, 0.717) is 18.3 Å². The lowest BCUT2D eigenvalue weighted by atomic mass is 9.65. The molecule has 104 valence electrons. The average Bonchev–Trinajstić information content (AvgIpc) is 2.79. The molecule has 0 fully saturated rings. The number of carbonyl (C=O) groups excluding carboxylic acids is 1. The smallest absolute Gasteiger partial charge is 0.159 e. The summed E-state index contributed by atoms with van der Waals surface area (Å²) in [4.78, 5) is 11.3. The summed E-state index contributed by atoms with van der Waals surface area (Å²) in [7, 11) is 0. The molecule has 0 saturated heterocycles. The van der Waals surface area contributed by atoms with Crippen molar-refractivity contribution in [3.63, 3.8) is 0 Å². The molecule has 3 aliphatic carbocycles. The number of hydrogen-bond donors (Lipinski definition) is 0. The highest BCUT2D eigenvalue weighted by molar-refractivity contribution is 5.92. The van der Waals surface area contributed by atoms with Crippen LogP contribution in [0.2, 0.25) is 0 Å². The topological polar surface area (TPSA) is 26.3 Å². The first kappa shape index (κ1) is 13.2. The summed E-state index contributed by atoms with van der Waals surface area (Å²) in [5.74, 6) is 3.03. The third kappa shape index (κ3) is 2.20. The van der Waals surface area contributed by atoms with Crippen LogP contribution in [-0.4, -0.2) is 5.78 Å². The van der Waals surface area contributed by atoms with Crippen molar-refractivity contribution < 1.29 is 9.53 Å². The number of ketones is 1. The Morgan fingerprint density at radius 1 is 1.50 bits per heavy atom. The summed E-state index contributed by atoms with van der Waals surface area (Å²) in [6.45, 7) is 9.82. The highest BCUT2D eigenvalue weighted by Gasteiger charge is 2.39. The van der Waals surface area contributed by atoms with Gasteiger partial charge in [0.05, 0.1) is 5.76 Å². The van der Waals surface area contributed by atoms with E-state index in [1.807, 2.05) is 0 Å². The van der Waals surface area contributed by atoms with E-state index >= 15 is 0 Å². The van der Waals surface area contributed by atoms with Gasteiger partial charge in [-0.25, -0.2) is 0 Å². The minimum absolute atomic E-state index is 0.0893. The standard InChI is InChI=1S/C18H20O2/c1-4-14(19)8-13-9-18-16(10-17(13)18)12(3)20-15-6-5-11(2)7-15/h4,6,9,11,16H,1,3,5,7-8,10H2,2H3. The van der Waals surface area contributed by atoms with Crippen molar-refractivity contribution in [2.45, 2.75) is 32.6 Å². The Balaban J connectivity index is 1.53. The van der Waals surface area contributed by atoms with E-state index in [4.69, 9.17) is 4.74 Å². The van der Waals surface area contributed by atoms with E-state index in [1.165, 1.54) is 22.8 Å². The molecule has 0 bridgehead atoms. The van der Waals surface area contributed by atoms with Gasteiger partial charge in [0.1, 0.15) is 5.76 Å². The molecule has 2 heteroatoms. The zero-order valence-corrected chi connectivity index (χ0v) is 11.9. The molecule has 2 nitrogen and oxygen atoms in total. The van der Waals surface area contributed by atoms with Crippen molar-refractivity contribution in [2.75, 3.05) is 0 Å². The number of carbonyl (C=O) groups is 1. The third-order valence-electron chi connectivity index (χ3n) is 4.39. The molecule has 0 saturated carbocycles. The molecule has 0 radical (unpaired) electrons. The highest BCUT2D eigenvalue weighted by atomic mass is 16.5. The number of allylic oxidation sites excluding steroid dienone is 7. The Hall–Kier alpha value is -1.83. The molecule has 0 amide bonds. The highest BCUT2D eigenvalue weighted by Crippen LogP contribution is 2.51. The molecule has 0 aromatic rings. The molecule has 0 heterocycles. The molecular weight excluding hydrogens is 248 g/mol. The van der Waals surface area contributed by atoms with Gasteiger partial charge in [0.2, 0.25) is 0 Å². The van der Waals surface area contributed by atoms with E-state index in [9.17, 15) is 4.79 Å². The number of rotatable bonds is 6. The number of hydrogen-bond acceptors (Lipinski definition) is 2. The Morgan fingerprint density at radius 2 is 2.30 bits per heavy atom. The van der Waals surface area contributed by atoms with Crippen molar-refractivity contribution >= 4 is 5.78 Å². The van der Waals surface area contributed by atoms with Crippen LogP contribution in [-0.2, 0) is 9.53 Å². The van der Waals surface area contributed by atoms with Crippen LogP contribution in [0.15, 0.2) is 59.6 Å². The maximum Gasteiger partial charge on any atom is 0.159 e. The third-order valence-corrected chi connectivity index (χ3v) is 4.39. The van der Waals surface area contributed by atoms with Gasteiger partial charge >= 0.3 is 0 Å². The lowest BCUT2D eigenvalue weighted by molar-refractivity contribution is -0.114. The Bertz CT molecular complexity index is 587. The molecule has 3 rings (SSSR count). The summed E-state index contributed by atoms with van der Waals surface area (Å²) in [6, 6.07) is 0. The maximum absolute atomic E-state index is 11.3. The molecule has 3 aliphatic rings. The predicted octanol–water partition coefficient (Wildman–Crippen LogP) is 4.23. The van der Waals surface area contributed by atoms with E-state index in [2.05, 4.69) is 32.2 Å². The van der Waals surface area contributed by atoms with Gasteiger partial charge in [0.15, 0.2) is 5.78 Å². The average molecular weight is 268 g/mol. The summed E-state index contributed by atoms with van der Waals surface area (Å²) in [6.07, 6.45) is 9.27. The van der Waals surface area contributed by atoms with Gasteiger partial charge in [0.25, 0.3) is 0 Å². The Labute approximate surface area is 120 Å². The second kappa shape index (κ2) is 4.93. The first-order valence-corrected chi connectivity index (χ1v) is 7.23. The fraction of sp³-hybridized carbons (Fsp3) is 0.389. The summed E-state index contributed by atoms with van der Waals surface area (Å²) in [5.41, 5.74) is 3.82. The van der Waals surface area contributed by atoms with Crippen molar-refractivity contribution in [3.8, 4) is 0 Å². The second-order valence-electron chi connectivity index (χ2n) is 5.99. The van der Waals surface area contributed by atoms with Crippen LogP contribution in [0.5, 0.6) is 0 Å². The van der Waals surface area contributed by atoms with E-state index in [-0.39, 0.29) is 5.78 Å². The quantitative estimate of drug-likeness (QED) is 0.532. The van der Waals surface area contributed by atoms with E-state index < -0.39 is 0 Å². The Morgan fingerprint density at radius 3 is 2.85 bits per heavy atom. The van der Waals surface area contributed by atoms with Gasteiger partial charge in [-0.3, -0.25) is 4.79 Å². The molecule has 2 atom stereocenters. The largest absolute Gasteiger partial charge is 0.466 e. The van der Waals surface area contributed by atoms with Crippen molar-refractivity contribution in [3.05, 3.63) is 59.6 Å². The van der Waals surface area contributed by atoms with Crippen molar-refractivity contribution in [2.24, 2.45) is 11.8 Å². The molecule has 2 unspecified atom stereocenters. The monoisotopic (exact) mass is 268 g/mol. The summed E-state index contributed by atoms with van der Waals surface area (Å²) in [5, 5.41) is 0. The molecule has 0 aromatic heterocycles. The van der Waals surface area contributed by atoms with Crippen molar-refractivity contribution in [1.29, 1.82) is 0 Å². The molecule has 20 heavy (non-hydrogen) atoms. The zero-order chi connectivity index (χ0) is 14.3. The maximum atomic E-state index is 11.3. The molecule has 0 spiro atoms. The lowest BCUT2D eigenvalue weighted by Crippen LogP contribution is -2.28. The van der Waals surface area contributed by atoms with Crippen LogP contribution in [0.25, 0.3) is 0 Å². The van der Waals surface area contributed by atoms with E-state index in [0.717, 1.165) is 30.8 Å². The first-order valence-electron chi connectivity index (χ1n) is 7.23. The summed E-state index contributed by atoms with van der Waals surface area (Å²) >= 11 is 0. The normalized spacial score (nSPS) is 26.9. The first-order chi connectivity index (χ1) is 9.58. The van der Waals surface area contributed by atoms with Gasteiger partial charge < -0.3 is 4.74 Å². The van der Waals surface area contributed by atoms with Gasteiger partial charge in [-0.2, -0.15) is 0 Å². The molecular formula is C18H20O2.